The summed E-state index contributed by atoms with van der Waals surface area (Å²) in [6, 6.07) is 5.05. The van der Waals surface area contributed by atoms with Gasteiger partial charge in [-0.05, 0) is 63.1 Å². The summed E-state index contributed by atoms with van der Waals surface area (Å²) in [7, 11) is 1.54. The first kappa shape index (κ1) is 20.7. The van der Waals surface area contributed by atoms with E-state index in [9.17, 15) is 9.59 Å². The molecule has 6 heteroatoms. The number of carbonyl (C=O) groups excluding carboxylic acids is 2. The Balaban J connectivity index is 1.47. The summed E-state index contributed by atoms with van der Waals surface area (Å²) in [6.07, 6.45) is 9.54. The smallest absolute Gasteiger partial charge is 0.257 e. The van der Waals surface area contributed by atoms with Crippen molar-refractivity contribution in [1.82, 2.24) is 10.2 Å². The summed E-state index contributed by atoms with van der Waals surface area (Å²) in [4.78, 5) is 27.1. The van der Waals surface area contributed by atoms with Crippen molar-refractivity contribution in [1.29, 1.82) is 0 Å². The van der Waals surface area contributed by atoms with E-state index in [1.54, 1.807) is 30.2 Å². The zero-order chi connectivity index (χ0) is 19.9. The fourth-order valence-electron chi connectivity index (χ4n) is 3.98. The number of hydrogen-bond acceptors (Lipinski definition) is 3. The molecule has 0 bridgehead atoms. The van der Waals surface area contributed by atoms with Crippen LogP contribution in [0.15, 0.2) is 29.8 Å². The van der Waals surface area contributed by atoms with E-state index in [1.807, 2.05) is 0 Å². The lowest BCUT2D eigenvalue weighted by Gasteiger charge is -2.31. The first-order valence-electron chi connectivity index (χ1n) is 10.2. The molecule has 0 atom stereocenters. The maximum absolute atomic E-state index is 12.8. The second kappa shape index (κ2) is 9.97. The number of ether oxygens (including phenoxy) is 1. The number of halogens is 1. The summed E-state index contributed by atoms with van der Waals surface area (Å²) in [5, 5.41) is 3.59. The molecule has 0 spiro atoms. The Bertz CT molecular complexity index is 739. The number of nitrogens with one attached hydrogen (secondary N) is 1. The van der Waals surface area contributed by atoms with Crippen molar-refractivity contribution in [2.24, 2.45) is 5.92 Å². The third-order valence-corrected chi connectivity index (χ3v) is 5.91. The van der Waals surface area contributed by atoms with E-state index in [1.165, 1.54) is 31.3 Å². The van der Waals surface area contributed by atoms with E-state index < -0.39 is 0 Å². The molecule has 1 heterocycles. The molecule has 2 aliphatic rings. The van der Waals surface area contributed by atoms with Crippen molar-refractivity contribution in [3.05, 3.63) is 40.4 Å². The molecule has 1 aliphatic heterocycles. The van der Waals surface area contributed by atoms with Crippen LogP contribution >= 0.6 is 11.6 Å². The van der Waals surface area contributed by atoms with Crippen LogP contribution in [0.5, 0.6) is 5.75 Å². The lowest BCUT2D eigenvalue weighted by atomic mass is 9.94. The molecule has 2 amide bonds. The van der Waals surface area contributed by atoms with E-state index in [0.717, 1.165) is 6.42 Å². The molecule has 5 nitrogen and oxygen atoms in total. The monoisotopic (exact) mass is 404 g/mol. The molecule has 0 aromatic heterocycles. The normalized spacial score (nSPS) is 17.8. The van der Waals surface area contributed by atoms with Gasteiger partial charge in [0.2, 0.25) is 5.91 Å². The highest BCUT2D eigenvalue weighted by atomic mass is 35.5. The number of likely N-dealkylation sites (tertiary alicyclic amines) is 1. The summed E-state index contributed by atoms with van der Waals surface area (Å²) in [5.41, 5.74) is 1.95. The molecule has 1 aromatic carbocycles. The van der Waals surface area contributed by atoms with Crippen molar-refractivity contribution >= 4 is 23.4 Å². The van der Waals surface area contributed by atoms with Crippen LogP contribution in [0.3, 0.4) is 0 Å². The standard InChI is InChI=1S/C22H29ClN2O3/c1-28-20-8-7-18(23)15-19(20)22(27)25-13-10-17(11-14-25)21(26)24-12-9-16-5-3-2-4-6-16/h5,7-8,15,17H,2-4,6,9-14H2,1H3,(H,24,26). The maximum atomic E-state index is 12.8. The Kier molecular flexibility index (Phi) is 7.37. The van der Waals surface area contributed by atoms with Crippen molar-refractivity contribution in [3.8, 4) is 5.75 Å². The molecule has 0 radical (unpaired) electrons. The molecule has 28 heavy (non-hydrogen) atoms. The SMILES string of the molecule is COc1ccc(Cl)cc1C(=O)N1CCC(C(=O)NCCC2=CCCCC2)CC1. The topological polar surface area (TPSA) is 58.6 Å². The predicted octanol–water partition coefficient (Wildman–Crippen LogP) is 4.21. The van der Waals surface area contributed by atoms with Crippen LogP contribution in [0.2, 0.25) is 5.02 Å². The van der Waals surface area contributed by atoms with Gasteiger partial charge in [0.1, 0.15) is 5.75 Å². The van der Waals surface area contributed by atoms with Crippen molar-refractivity contribution in [2.45, 2.75) is 44.9 Å². The van der Waals surface area contributed by atoms with Crippen LogP contribution in [-0.2, 0) is 4.79 Å². The zero-order valence-corrected chi connectivity index (χ0v) is 17.3. The van der Waals surface area contributed by atoms with E-state index in [4.69, 9.17) is 16.3 Å². The lowest BCUT2D eigenvalue weighted by molar-refractivity contribution is -0.126. The Morgan fingerprint density at radius 2 is 2.04 bits per heavy atom. The highest BCUT2D eigenvalue weighted by Gasteiger charge is 2.29. The maximum Gasteiger partial charge on any atom is 0.257 e. The molecular formula is C22H29ClN2O3. The largest absolute Gasteiger partial charge is 0.496 e. The van der Waals surface area contributed by atoms with Crippen molar-refractivity contribution in [3.63, 3.8) is 0 Å². The molecule has 1 N–H and O–H groups in total. The second-order valence-electron chi connectivity index (χ2n) is 7.56. The van der Waals surface area contributed by atoms with Gasteiger partial charge < -0.3 is 15.0 Å². The molecular weight excluding hydrogens is 376 g/mol. The quantitative estimate of drug-likeness (QED) is 0.722. The van der Waals surface area contributed by atoms with E-state index in [-0.39, 0.29) is 17.7 Å². The number of amides is 2. The fraction of sp³-hybridized carbons (Fsp3) is 0.545. The van der Waals surface area contributed by atoms with Gasteiger partial charge in [0.15, 0.2) is 0 Å². The molecule has 1 aliphatic carbocycles. The van der Waals surface area contributed by atoms with Gasteiger partial charge in [-0.1, -0.05) is 23.3 Å². The van der Waals surface area contributed by atoms with Gasteiger partial charge in [0.25, 0.3) is 5.91 Å². The Morgan fingerprint density at radius 1 is 1.25 bits per heavy atom. The lowest BCUT2D eigenvalue weighted by Crippen LogP contribution is -2.43. The van der Waals surface area contributed by atoms with Crippen molar-refractivity contribution in [2.75, 3.05) is 26.7 Å². The van der Waals surface area contributed by atoms with Gasteiger partial charge in [-0.25, -0.2) is 0 Å². The number of rotatable bonds is 6. The molecule has 1 saturated heterocycles. The highest BCUT2D eigenvalue weighted by molar-refractivity contribution is 6.31. The van der Waals surface area contributed by atoms with E-state index in [0.29, 0.717) is 48.8 Å². The number of hydrogen-bond donors (Lipinski definition) is 1. The third-order valence-electron chi connectivity index (χ3n) is 5.68. The van der Waals surface area contributed by atoms with Gasteiger partial charge in [0, 0.05) is 30.6 Å². The molecule has 3 rings (SSSR count). The number of piperidine rings is 1. The third kappa shape index (κ3) is 5.28. The van der Waals surface area contributed by atoms with Crippen LogP contribution < -0.4 is 10.1 Å². The summed E-state index contributed by atoms with van der Waals surface area (Å²) >= 11 is 6.04. The Hall–Kier alpha value is -2.01. The minimum absolute atomic E-state index is 0.0226. The number of carbonyl (C=O) groups is 2. The van der Waals surface area contributed by atoms with Crippen LogP contribution in [0.25, 0.3) is 0 Å². The number of methoxy groups -OCH3 is 1. The van der Waals surface area contributed by atoms with Gasteiger partial charge in [-0.3, -0.25) is 9.59 Å². The van der Waals surface area contributed by atoms with Crippen LogP contribution in [0.1, 0.15) is 55.3 Å². The second-order valence-corrected chi connectivity index (χ2v) is 8.00. The highest BCUT2D eigenvalue weighted by Crippen LogP contribution is 2.26. The first-order chi connectivity index (χ1) is 13.6. The first-order valence-corrected chi connectivity index (χ1v) is 10.5. The minimum Gasteiger partial charge on any atom is -0.496 e. The van der Waals surface area contributed by atoms with E-state index in [2.05, 4.69) is 11.4 Å². The molecule has 1 fully saturated rings. The van der Waals surface area contributed by atoms with Gasteiger partial charge >= 0.3 is 0 Å². The average Bonchev–Trinajstić information content (AvgIpc) is 2.74. The van der Waals surface area contributed by atoms with Crippen LogP contribution in [0.4, 0.5) is 0 Å². The number of benzene rings is 1. The zero-order valence-electron chi connectivity index (χ0n) is 16.5. The minimum atomic E-state index is -0.0950. The Morgan fingerprint density at radius 3 is 2.71 bits per heavy atom. The van der Waals surface area contributed by atoms with Gasteiger partial charge in [0.05, 0.1) is 12.7 Å². The van der Waals surface area contributed by atoms with Crippen molar-refractivity contribution < 1.29 is 14.3 Å². The summed E-state index contributed by atoms with van der Waals surface area (Å²) < 4.78 is 5.29. The van der Waals surface area contributed by atoms with Crippen LogP contribution in [0, 0.1) is 5.92 Å². The predicted molar refractivity (Wildman–Crippen MR) is 111 cm³/mol. The summed E-state index contributed by atoms with van der Waals surface area (Å²) in [5.74, 6) is 0.517. The number of nitrogens with zero attached hydrogens (tertiary/aromatic N) is 1. The molecule has 0 saturated carbocycles. The van der Waals surface area contributed by atoms with E-state index >= 15 is 0 Å². The average molecular weight is 405 g/mol. The molecule has 0 unspecified atom stereocenters. The summed E-state index contributed by atoms with van der Waals surface area (Å²) in [6.45, 7) is 1.85. The number of allylic oxidation sites excluding steroid dienone is 1. The molecule has 1 aromatic rings. The molecule has 152 valence electrons. The van der Waals surface area contributed by atoms with Gasteiger partial charge in [-0.15, -0.1) is 0 Å². The van der Waals surface area contributed by atoms with Crippen LogP contribution in [-0.4, -0.2) is 43.5 Å². The Labute approximate surface area is 172 Å². The fourth-order valence-corrected chi connectivity index (χ4v) is 4.16. The van der Waals surface area contributed by atoms with Gasteiger partial charge in [-0.2, -0.15) is 0 Å².